The van der Waals surface area contributed by atoms with Gasteiger partial charge in [-0.15, -0.1) is 0 Å². The van der Waals surface area contributed by atoms with E-state index >= 15 is 0 Å². The molecule has 0 radical (unpaired) electrons. The van der Waals surface area contributed by atoms with Crippen molar-refractivity contribution < 1.29 is 24.2 Å². The standard InChI is InChI=1S/C28H32N2O5/c1-2-3-8-20(17-26(31)30-15-13-19(14-16-30)27(32)33)29-28(34)35-18-25-23-11-6-4-9-21(23)22-10-5-7-12-24(22)25/h4-7,9-13,20,25H,2-3,8,14-18H2,1H3,(H,29,34)(H,32,33)/t20-/m0/s1. The Morgan fingerprint density at radius 2 is 1.74 bits per heavy atom. The summed E-state index contributed by atoms with van der Waals surface area (Å²) in [5.74, 6) is -1.05. The molecule has 1 atom stereocenters. The van der Waals surface area contributed by atoms with Crippen molar-refractivity contribution >= 4 is 18.0 Å². The quantitative estimate of drug-likeness (QED) is 0.546. The van der Waals surface area contributed by atoms with E-state index in [0.717, 1.165) is 24.0 Å². The average Bonchev–Trinajstić information content (AvgIpc) is 3.19. The molecular formula is C28H32N2O5. The number of aliphatic carboxylic acids is 1. The molecule has 2 aromatic rings. The Labute approximate surface area is 205 Å². The van der Waals surface area contributed by atoms with Crippen molar-refractivity contribution in [2.45, 2.75) is 51.0 Å². The number of hydrogen-bond acceptors (Lipinski definition) is 4. The zero-order valence-electron chi connectivity index (χ0n) is 20.0. The van der Waals surface area contributed by atoms with Crippen LogP contribution >= 0.6 is 0 Å². The molecule has 0 aromatic heterocycles. The first kappa shape index (κ1) is 24.5. The lowest BCUT2D eigenvalue weighted by Gasteiger charge is -2.27. The van der Waals surface area contributed by atoms with E-state index in [0.29, 0.717) is 25.0 Å². The fourth-order valence-corrected chi connectivity index (χ4v) is 4.91. The Hall–Kier alpha value is -3.61. The zero-order valence-corrected chi connectivity index (χ0v) is 20.0. The number of ether oxygens (including phenoxy) is 1. The highest BCUT2D eigenvalue weighted by molar-refractivity contribution is 5.87. The lowest BCUT2D eigenvalue weighted by Crippen LogP contribution is -2.42. The number of fused-ring (bicyclic) bond motifs is 3. The number of carbonyl (C=O) groups is 3. The summed E-state index contributed by atoms with van der Waals surface area (Å²) in [7, 11) is 0. The maximum absolute atomic E-state index is 12.8. The number of alkyl carbamates (subject to hydrolysis) is 1. The monoisotopic (exact) mass is 476 g/mol. The second-order valence-electron chi connectivity index (χ2n) is 9.14. The number of carboxylic acid groups (broad SMARTS) is 1. The number of nitrogens with zero attached hydrogens (tertiary/aromatic N) is 1. The van der Waals surface area contributed by atoms with Crippen molar-refractivity contribution in [3.8, 4) is 11.1 Å². The Morgan fingerprint density at radius 1 is 1.09 bits per heavy atom. The van der Waals surface area contributed by atoms with Crippen LogP contribution in [0.5, 0.6) is 0 Å². The molecule has 2 aliphatic rings. The molecule has 2 N–H and O–H groups in total. The van der Waals surface area contributed by atoms with E-state index in [-0.39, 0.29) is 37.4 Å². The van der Waals surface area contributed by atoms with Crippen molar-refractivity contribution in [2.24, 2.45) is 0 Å². The third kappa shape index (κ3) is 5.73. The summed E-state index contributed by atoms with van der Waals surface area (Å²) in [6, 6.07) is 16.0. The molecule has 0 bridgehead atoms. The molecule has 0 spiro atoms. The van der Waals surface area contributed by atoms with E-state index < -0.39 is 12.1 Å². The van der Waals surface area contributed by atoms with E-state index in [1.165, 1.54) is 11.1 Å². The Kier molecular flexibility index (Phi) is 7.85. The van der Waals surface area contributed by atoms with Gasteiger partial charge in [-0.05, 0) is 35.1 Å². The highest BCUT2D eigenvalue weighted by atomic mass is 16.5. The van der Waals surface area contributed by atoms with Crippen LogP contribution in [0.25, 0.3) is 11.1 Å². The smallest absolute Gasteiger partial charge is 0.407 e. The number of nitrogens with one attached hydrogen (secondary N) is 1. The Balaban J connectivity index is 1.35. The second-order valence-corrected chi connectivity index (χ2v) is 9.14. The van der Waals surface area contributed by atoms with E-state index in [1.54, 1.807) is 11.0 Å². The van der Waals surface area contributed by atoms with Crippen molar-refractivity contribution in [3.63, 3.8) is 0 Å². The molecule has 1 aliphatic heterocycles. The summed E-state index contributed by atoms with van der Waals surface area (Å²) in [6.45, 7) is 2.95. The number of carbonyl (C=O) groups excluding carboxylic acids is 2. The summed E-state index contributed by atoms with van der Waals surface area (Å²) >= 11 is 0. The van der Waals surface area contributed by atoms with Crippen LogP contribution in [0.4, 0.5) is 4.79 Å². The fraction of sp³-hybridized carbons (Fsp3) is 0.393. The van der Waals surface area contributed by atoms with E-state index in [4.69, 9.17) is 9.84 Å². The molecule has 2 amide bonds. The number of amides is 2. The average molecular weight is 477 g/mol. The van der Waals surface area contributed by atoms with Gasteiger partial charge in [0.05, 0.1) is 0 Å². The van der Waals surface area contributed by atoms with Crippen molar-refractivity contribution in [1.29, 1.82) is 0 Å². The van der Waals surface area contributed by atoms with Gasteiger partial charge in [-0.1, -0.05) is 74.4 Å². The molecule has 1 heterocycles. The minimum atomic E-state index is -0.935. The summed E-state index contributed by atoms with van der Waals surface area (Å²) < 4.78 is 5.67. The van der Waals surface area contributed by atoms with Crippen LogP contribution in [0.3, 0.4) is 0 Å². The Bertz CT molecular complexity index is 1080. The Morgan fingerprint density at radius 3 is 2.31 bits per heavy atom. The minimum Gasteiger partial charge on any atom is -0.478 e. The second kappa shape index (κ2) is 11.2. The molecule has 7 heteroatoms. The summed E-state index contributed by atoms with van der Waals surface area (Å²) in [5.41, 5.74) is 4.99. The van der Waals surface area contributed by atoms with Crippen LogP contribution < -0.4 is 5.32 Å². The highest BCUT2D eigenvalue weighted by Gasteiger charge is 2.29. The van der Waals surface area contributed by atoms with Crippen molar-refractivity contribution in [2.75, 3.05) is 19.7 Å². The van der Waals surface area contributed by atoms with Gasteiger partial charge >= 0.3 is 12.1 Å². The van der Waals surface area contributed by atoms with E-state index in [2.05, 4.69) is 36.5 Å². The normalized spacial score (nSPS) is 15.6. The molecule has 0 saturated carbocycles. The number of hydrogen-bond donors (Lipinski definition) is 2. The van der Waals surface area contributed by atoms with Crippen LogP contribution in [-0.4, -0.2) is 53.7 Å². The number of unbranched alkanes of at least 4 members (excludes halogenated alkanes) is 1. The van der Waals surface area contributed by atoms with Gasteiger partial charge in [-0.2, -0.15) is 0 Å². The molecule has 0 fully saturated rings. The molecule has 2 aromatic carbocycles. The molecule has 4 rings (SSSR count). The molecule has 35 heavy (non-hydrogen) atoms. The first-order valence-corrected chi connectivity index (χ1v) is 12.3. The van der Waals surface area contributed by atoms with E-state index in [9.17, 15) is 14.4 Å². The number of benzene rings is 2. The van der Waals surface area contributed by atoms with Crippen molar-refractivity contribution in [3.05, 3.63) is 71.3 Å². The maximum Gasteiger partial charge on any atom is 0.407 e. The first-order chi connectivity index (χ1) is 17.0. The summed E-state index contributed by atoms with van der Waals surface area (Å²) in [4.78, 5) is 38.3. The SMILES string of the molecule is CCCC[C@@H](CC(=O)N1CC=C(C(=O)O)CC1)NC(=O)OCC1c2ccccc2-c2ccccc21. The number of rotatable bonds is 9. The lowest BCUT2D eigenvalue weighted by atomic mass is 9.98. The molecule has 184 valence electrons. The molecule has 0 unspecified atom stereocenters. The van der Waals surface area contributed by atoms with Gasteiger partial charge in [0.2, 0.25) is 5.91 Å². The predicted octanol–water partition coefficient (Wildman–Crippen LogP) is 4.72. The van der Waals surface area contributed by atoms with Gasteiger partial charge in [0.15, 0.2) is 0 Å². The van der Waals surface area contributed by atoms with Gasteiger partial charge in [0, 0.05) is 37.0 Å². The molecule has 7 nitrogen and oxygen atoms in total. The molecular weight excluding hydrogens is 444 g/mol. The fourth-order valence-electron chi connectivity index (χ4n) is 4.91. The maximum atomic E-state index is 12.8. The summed E-state index contributed by atoms with van der Waals surface area (Å²) in [6.07, 6.45) is 4.07. The van der Waals surface area contributed by atoms with Crippen LogP contribution in [0, 0.1) is 0 Å². The summed E-state index contributed by atoms with van der Waals surface area (Å²) in [5, 5.41) is 12.0. The van der Waals surface area contributed by atoms with Gasteiger partial charge in [0.1, 0.15) is 6.61 Å². The first-order valence-electron chi connectivity index (χ1n) is 12.3. The van der Waals surface area contributed by atoms with Gasteiger partial charge < -0.3 is 20.1 Å². The van der Waals surface area contributed by atoms with Crippen LogP contribution in [0.1, 0.15) is 56.1 Å². The number of carboxylic acids is 1. The zero-order chi connectivity index (χ0) is 24.8. The molecule has 0 saturated heterocycles. The van der Waals surface area contributed by atoms with Crippen molar-refractivity contribution in [1.82, 2.24) is 10.2 Å². The van der Waals surface area contributed by atoms with Gasteiger partial charge in [-0.3, -0.25) is 4.79 Å². The van der Waals surface area contributed by atoms with Crippen LogP contribution in [0.15, 0.2) is 60.2 Å². The topological polar surface area (TPSA) is 95.9 Å². The predicted molar refractivity (Wildman–Crippen MR) is 133 cm³/mol. The van der Waals surface area contributed by atoms with Gasteiger partial charge in [-0.25, -0.2) is 9.59 Å². The highest BCUT2D eigenvalue weighted by Crippen LogP contribution is 2.44. The molecule has 1 aliphatic carbocycles. The minimum absolute atomic E-state index is 0.0209. The third-order valence-corrected chi connectivity index (χ3v) is 6.83. The van der Waals surface area contributed by atoms with E-state index in [1.807, 2.05) is 24.3 Å². The van der Waals surface area contributed by atoms with Crippen LogP contribution in [-0.2, 0) is 14.3 Å². The van der Waals surface area contributed by atoms with Crippen LogP contribution in [0.2, 0.25) is 0 Å². The third-order valence-electron chi connectivity index (χ3n) is 6.83. The van der Waals surface area contributed by atoms with Gasteiger partial charge in [0.25, 0.3) is 0 Å². The lowest BCUT2D eigenvalue weighted by molar-refractivity contribution is -0.135. The largest absolute Gasteiger partial charge is 0.478 e.